The summed E-state index contributed by atoms with van der Waals surface area (Å²) in [6.07, 6.45) is 1.96. The number of aromatic nitrogens is 1. The average Bonchev–Trinajstić information content (AvgIpc) is 2.45. The fourth-order valence-electron chi connectivity index (χ4n) is 1.07. The van der Waals surface area contributed by atoms with E-state index in [2.05, 4.69) is 61.7 Å². The van der Waals surface area contributed by atoms with Crippen molar-refractivity contribution in [2.75, 3.05) is 0 Å². The number of halogens is 2. The Kier molecular flexibility index (Phi) is 1.93. The standard InChI is InChI=1S/C8H5BrIN/c9-6-2-1-5-3-4-11-8(5)7(6)10/h1-4,11H. The fraction of sp³-hybridized carbons (Fsp3) is 0. The van der Waals surface area contributed by atoms with Crippen LogP contribution in [0.5, 0.6) is 0 Å². The molecule has 0 aliphatic heterocycles. The minimum atomic E-state index is 1.15. The maximum absolute atomic E-state index is 3.47. The predicted octanol–water partition coefficient (Wildman–Crippen LogP) is 3.54. The molecule has 1 aromatic heterocycles. The summed E-state index contributed by atoms with van der Waals surface area (Å²) in [6, 6.07) is 6.24. The number of fused-ring (bicyclic) bond motifs is 1. The fourth-order valence-corrected chi connectivity index (χ4v) is 2.04. The molecule has 0 fully saturated rings. The quantitative estimate of drug-likeness (QED) is 0.714. The summed E-state index contributed by atoms with van der Waals surface area (Å²) in [6.45, 7) is 0. The summed E-state index contributed by atoms with van der Waals surface area (Å²) < 4.78 is 2.39. The lowest BCUT2D eigenvalue weighted by Crippen LogP contribution is -1.76. The van der Waals surface area contributed by atoms with E-state index >= 15 is 0 Å². The Hall–Kier alpha value is -0.0300. The third kappa shape index (κ3) is 1.20. The van der Waals surface area contributed by atoms with Gasteiger partial charge in [-0.25, -0.2) is 0 Å². The molecule has 0 saturated carbocycles. The Morgan fingerprint density at radius 1 is 1.27 bits per heavy atom. The van der Waals surface area contributed by atoms with Gasteiger partial charge in [0, 0.05) is 16.1 Å². The highest BCUT2D eigenvalue weighted by atomic mass is 127. The summed E-state index contributed by atoms with van der Waals surface area (Å²) in [5.41, 5.74) is 1.21. The molecule has 1 aromatic carbocycles. The molecule has 0 amide bonds. The lowest BCUT2D eigenvalue weighted by atomic mass is 10.3. The third-order valence-electron chi connectivity index (χ3n) is 1.62. The van der Waals surface area contributed by atoms with Gasteiger partial charge in [0.15, 0.2) is 0 Å². The highest BCUT2D eigenvalue weighted by molar-refractivity contribution is 14.1. The first-order valence-corrected chi connectivity index (χ1v) is 5.07. The van der Waals surface area contributed by atoms with Crippen molar-refractivity contribution in [2.24, 2.45) is 0 Å². The zero-order valence-electron chi connectivity index (χ0n) is 5.57. The van der Waals surface area contributed by atoms with E-state index in [4.69, 9.17) is 0 Å². The van der Waals surface area contributed by atoms with Gasteiger partial charge in [0.1, 0.15) is 0 Å². The molecule has 0 aliphatic rings. The molecule has 0 radical (unpaired) electrons. The molecule has 1 N–H and O–H groups in total. The normalized spacial score (nSPS) is 10.7. The molecule has 0 unspecified atom stereocenters. The van der Waals surface area contributed by atoms with Crippen LogP contribution in [0, 0.1) is 3.57 Å². The van der Waals surface area contributed by atoms with Crippen LogP contribution in [0.2, 0.25) is 0 Å². The van der Waals surface area contributed by atoms with Crippen LogP contribution < -0.4 is 0 Å². The van der Waals surface area contributed by atoms with Crippen LogP contribution in [0.1, 0.15) is 0 Å². The number of hydrogen-bond donors (Lipinski definition) is 1. The van der Waals surface area contributed by atoms with Crippen molar-refractivity contribution in [1.82, 2.24) is 4.98 Å². The molecular formula is C8H5BrIN. The molecule has 0 spiro atoms. The van der Waals surface area contributed by atoms with Gasteiger partial charge in [-0.15, -0.1) is 0 Å². The number of aromatic amines is 1. The number of benzene rings is 1. The zero-order chi connectivity index (χ0) is 7.84. The second-order valence-corrected chi connectivity index (χ2v) is 4.24. The van der Waals surface area contributed by atoms with E-state index < -0.39 is 0 Å². The van der Waals surface area contributed by atoms with Gasteiger partial charge >= 0.3 is 0 Å². The first-order chi connectivity index (χ1) is 5.29. The van der Waals surface area contributed by atoms with E-state index in [1.54, 1.807) is 0 Å². The first kappa shape index (κ1) is 7.61. The van der Waals surface area contributed by atoms with Crippen LogP contribution in [0.25, 0.3) is 10.9 Å². The van der Waals surface area contributed by atoms with Crippen molar-refractivity contribution < 1.29 is 0 Å². The van der Waals surface area contributed by atoms with E-state index in [0.29, 0.717) is 0 Å². The topological polar surface area (TPSA) is 15.8 Å². The molecule has 2 rings (SSSR count). The van der Waals surface area contributed by atoms with Crippen molar-refractivity contribution in [2.45, 2.75) is 0 Å². The third-order valence-corrected chi connectivity index (χ3v) is 4.14. The van der Waals surface area contributed by atoms with Gasteiger partial charge in [0.25, 0.3) is 0 Å². The Balaban J connectivity index is 2.93. The Labute approximate surface area is 86.5 Å². The summed E-state index contributed by atoms with van der Waals surface area (Å²) >= 11 is 5.79. The number of rotatable bonds is 0. The molecular weight excluding hydrogens is 317 g/mol. The van der Waals surface area contributed by atoms with Crippen molar-refractivity contribution in [3.63, 3.8) is 0 Å². The van der Waals surface area contributed by atoms with Gasteiger partial charge in [-0.1, -0.05) is 6.07 Å². The predicted molar refractivity (Wildman–Crippen MR) is 58.7 cm³/mol. The van der Waals surface area contributed by atoms with Gasteiger partial charge in [-0.3, -0.25) is 0 Å². The van der Waals surface area contributed by atoms with E-state index in [0.717, 1.165) is 4.47 Å². The lowest BCUT2D eigenvalue weighted by molar-refractivity contribution is 1.46. The van der Waals surface area contributed by atoms with E-state index in [-0.39, 0.29) is 0 Å². The van der Waals surface area contributed by atoms with Gasteiger partial charge < -0.3 is 4.98 Å². The number of nitrogens with one attached hydrogen (secondary N) is 1. The second kappa shape index (κ2) is 2.79. The largest absolute Gasteiger partial charge is 0.360 e. The number of hydrogen-bond acceptors (Lipinski definition) is 0. The van der Waals surface area contributed by atoms with Crippen LogP contribution in [0.3, 0.4) is 0 Å². The second-order valence-electron chi connectivity index (χ2n) is 2.30. The minimum absolute atomic E-state index is 1.15. The Bertz CT molecular complexity index is 394. The molecule has 11 heavy (non-hydrogen) atoms. The molecule has 0 aliphatic carbocycles. The highest BCUT2D eigenvalue weighted by Crippen LogP contribution is 2.26. The van der Waals surface area contributed by atoms with Gasteiger partial charge in [-0.2, -0.15) is 0 Å². The monoisotopic (exact) mass is 321 g/mol. The number of H-pyrrole nitrogens is 1. The zero-order valence-corrected chi connectivity index (χ0v) is 9.31. The summed E-state index contributed by atoms with van der Waals surface area (Å²) in [5, 5.41) is 1.26. The van der Waals surface area contributed by atoms with E-state index in [1.165, 1.54) is 14.5 Å². The SMILES string of the molecule is Brc1ccc2cc[nH]c2c1I. The van der Waals surface area contributed by atoms with E-state index in [1.807, 2.05) is 6.20 Å². The molecule has 0 saturated heterocycles. The molecule has 3 heteroatoms. The maximum Gasteiger partial charge on any atom is 0.0601 e. The van der Waals surface area contributed by atoms with E-state index in [9.17, 15) is 0 Å². The van der Waals surface area contributed by atoms with Crippen LogP contribution in [0.15, 0.2) is 28.9 Å². The van der Waals surface area contributed by atoms with Gasteiger partial charge in [0.05, 0.1) is 9.09 Å². The minimum Gasteiger partial charge on any atom is -0.360 e. The average molecular weight is 322 g/mol. The Morgan fingerprint density at radius 3 is 2.91 bits per heavy atom. The van der Waals surface area contributed by atoms with Crippen LogP contribution in [0.4, 0.5) is 0 Å². The molecule has 56 valence electrons. The summed E-state index contributed by atoms with van der Waals surface area (Å²) in [7, 11) is 0. The molecule has 0 atom stereocenters. The van der Waals surface area contributed by atoms with Gasteiger partial charge in [-0.05, 0) is 50.7 Å². The van der Waals surface area contributed by atoms with Crippen molar-refractivity contribution in [3.05, 3.63) is 32.4 Å². The van der Waals surface area contributed by atoms with Crippen LogP contribution in [-0.4, -0.2) is 4.98 Å². The van der Waals surface area contributed by atoms with Crippen molar-refractivity contribution >= 4 is 49.4 Å². The molecule has 1 nitrogen and oxygen atoms in total. The maximum atomic E-state index is 3.47. The highest BCUT2D eigenvalue weighted by Gasteiger charge is 2.01. The Morgan fingerprint density at radius 2 is 2.09 bits per heavy atom. The van der Waals surface area contributed by atoms with Crippen LogP contribution in [-0.2, 0) is 0 Å². The first-order valence-electron chi connectivity index (χ1n) is 3.20. The van der Waals surface area contributed by atoms with Gasteiger partial charge in [0.2, 0.25) is 0 Å². The van der Waals surface area contributed by atoms with Crippen molar-refractivity contribution in [3.8, 4) is 0 Å². The summed E-state index contributed by atoms with van der Waals surface area (Å²) in [5.74, 6) is 0. The van der Waals surface area contributed by atoms with Crippen LogP contribution >= 0.6 is 38.5 Å². The lowest BCUT2D eigenvalue weighted by Gasteiger charge is -1.96. The summed E-state index contributed by atoms with van der Waals surface area (Å²) in [4.78, 5) is 3.19. The molecule has 1 heterocycles. The van der Waals surface area contributed by atoms with Crippen molar-refractivity contribution in [1.29, 1.82) is 0 Å². The molecule has 0 bridgehead atoms. The molecule has 2 aromatic rings. The smallest absolute Gasteiger partial charge is 0.0601 e.